The number of nitrogens with one attached hydrogen (secondary N) is 1. The van der Waals surface area contributed by atoms with Gasteiger partial charge in [0.05, 0.1) is 21.2 Å². The maximum Gasteiger partial charge on any atom is 0.416 e. The fraction of sp³-hybridized carbons (Fsp3) is 0.257. The van der Waals surface area contributed by atoms with Crippen LogP contribution in [0.5, 0.6) is 0 Å². The smallest absolute Gasteiger partial charge is 0.354 e. The second-order valence-electron chi connectivity index (χ2n) is 11.0. The molecule has 1 atom stereocenters. The van der Waals surface area contributed by atoms with Crippen LogP contribution in [0.25, 0.3) is 0 Å². The number of alkyl halides is 3. The summed E-state index contributed by atoms with van der Waals surface area (Å²) in [7, 11) is -4.66. The van der Waals surface area contributed by atoms with Crippen LogP contribution in [-0.4, -0.2) is 44.3 Å². The molecule has 0 aromatic heterocycles. The fourth-order valence-corrected chi connectivity index (χ4v) is 6.93. The molecule has 254 valence electrons. The summed E-state index contributed by atoms with van der Waals surface area (Å²) in [5, 5.41) is 2.92. The van der Waals surface area contributed by atoms with Crippen LogP contribution in [0.4, 0.5) is 18.9 Å². The Morgan fingerprint density at radius 1 is 0.854 bits per heavy atom. The van der Waals surface area contributed by atoms with Crippen molar-refractivity contribution in [2.45, 2.75) is 49.8 Å². The maximum absolute atomic E-state index is 14.5. The number of rotatable bonds is 14. The van der Waals surface area contributed by atoms with Gasteiger partial charge in [0.2, 0.25) is 11.8 Å². The molecule has 0 fully saturated rings. The zero-order valence-corrected chi connectivity index (χ0v) is 28.3. The van der Waals surface area contributed by atoms with Gasteiger partial charge in [-0.05, 0) is 60.0 Å². The van der Waals surface area contributed by atoms with Crippen molar-refractivity contribution in [2.24, 2.45) is 0 Å². The molecule has 7 nitrogen and oxygen atoms in total. The summed E-state index contributed by atoms with van der Waals surface area (Å²) in [6, 6.07) is 23.7. The van der Waals surface area contributed by atoms with Crippen LogP contribution in [0.1, 0.15) is 36.5 Å². The van der Waals surface area contributed by atoms with E-state index in [0.29, 0.717) is 33.9 Å². The van der Waals surface area contributed by atoms with E-state index in [1.54, 1.807) is 60.7 Å². The third-order valence-electron chi connectivity index (χ3n) is 7.49. The molecule has 4 rings (SSSR count). The summed E-state index contributed by atoms with van der Waals surface area (Å²) >= 11 is 12.6. The van der Waals surface area contributed by atoms with Gasteiger partial charge in [-0.1, -0.05) is 97.2 Å². The Labute approximate surface area is 288 Å². The number of hydrogen-bond donors (Lipinski definition) is 1. The van der Waals surface area contributed by atoms with Crippen molar-refractivity contribution in [1.29, 1.82) is 0 Å². The molecule has 2 amide bonds. The fourth-order valence-electron chi connectivity index (χ4n) is 5.01. The Kier molecular flexibility index (Phi) is 12.5. The normalized spacial score (nSPS) is 12.3. The monoisotopic (exact) mass is 719 g/mol. The van der Waals surface area contributed by atoms with Gasteiger partial charge in [0, 0.05) is 24.5 Å². The number of amides is 2. The average Bonchev–Trinajstić information content (AvgIpc) is 3.06. The Bertz CT molecular complexity index is 1810. The first kappa shape index (κ1) is 36.8. The number of anilines is 1. The molecule has 0 spiro atoms. The van der Waals surface area contributed by atoms with Crippen molar-refractivity contribution in [3.05, 3.63) is 130 Å². The van der Waals surface area contributed by atoms with Crippen molar-refractivity contribution in [3.8, 4) is 0 Å². The molecule has 4 aromatic carbocycles. The minimum absolute atomic E-state index is 0.0703. The number of hydrogen-bond acceptors (Lipinski definition) is 4. The number of sulfonamides is 1. The third-order valence-corrected chi connectivity index (χ3v) is 9.82. The predicted molar refractivity (Wildman–Crippen MR) is 181 cm³/mol. The number of halogens is 5. The minimum atomic E-state index is -4.83. The van der Waals surface area contributed by atoms with Crippen molar-refractivity contribution < 1.29 is 31.2 Å². The van der Waals surface area contributed by atoms with Crippen LogP contribution >= 0.6 is 23.2 Å². The van der Waals surface area contributed by atoms with Gasteiger partial charge in [-0.3, -0.25) is 13.9 Å². The molecule has 0 bridgehead atoms. The summed E-state index contributed by atoms with van der Waals surface area (Å²) < 4.78 is 70.3. The Morgan fingerprint density at radius 2 is 1.50 bits per heavy atom. The molecule has 48 heavy (non-hydrogen) atoms. The molecule has 0 saturated carbocycles. The molecular formula is C35H34Cl2F3N3O4S. The molecule has 0 aliphatic heterocycles. The molecule has 0 aliphatic rings. The summed E-state index contributed by atoms with van der Waals surface area (Å²) in [4.78, 5) is 29.3. The molecule has 1 N–H and O–H groups in total. The average molecular weight is 721 g/mol. The van der Waals surface area contributed by atoms with Crippen LogP contribution < -0.4 is 9.62 Å². The lowest BCUT2D eigenvalue weighted by Crippen LogP contribution is -2.53. The highest BCUT2D eigenvalue weighted by molar-refractivity contribution is 7.92. The molecule has 0 radical (unpaired) electrons. The molecular weight excluding hydrogens is 686 g/mol. The molecule has 0 heterocycles. The maximum atomic E-state index is 14.5. The van der Waals surface area contributed by atoms with Crippen molar-refractivity contribution in [1.82, 2.24) is 10.2 Å². The van der Waals surface area contributed by atoms with E-state index >= 15 is 0 Å². The Morgan fingerprint density at radius 3 is 2.12 bits per heavy atom. The van der Waals surface area contributed by atoms with E-state index in [1.807, 2.05) is 6.92 Å². The Hall–Kier alpha value is -4.06. The first-order chi connectivity index (χ1) is 22.8. The van der Waals surface area contributed by atoms with Gasteiger partial charge in [0.1, 0.15) is 12.6 Å². The van der Waals surface area contributed by atoms with E-state index in [0.717, 1.165) is 24.1 Å². The minimum Gasteiger partial charge on any atom is -0.354 e. The molecule has 0 saturated heterocycles. The van der Waals surface area contributed by atoms with Gasteiger partial charge < -0.3 is 10.2 Å². The van der Waals surface area contributed by atoms with Crippen LogP contribution in [0.15, 0.2) is 108 Å². The third kappa shape index (κ3) is 9.52. The lowest BCUT2D eigenvalue weighted by Gasteiger charge is -2.34. The number of unbranched alkanes of at least 4 members (excludes halogenated alkanes) is 1. The summed E-state index contributed by atoms with van der Waals surface area (Å²) in [6.07, 6.45) is -3.27. The lowest BCUT2D eigenvalue weighted by molar-refractivity contribution is -0.140. The van der Waals surface area contributed by atoms with Crippen molar-refractivity contribution in [3.63, 3.8) is 0 Å². The van der Waals surface area contributed by atoms with Gasteiger partial charge in [0.25, 0.3) is 10.0 Å². The summed E-state index contributed by atoms with van der Waals surface area (Å²) in [5.74, 6) is -1.33. The SMILES string of the molecule is CCCCNC(=O)C(Cc1ccccc1)N(Cc1cccc(Cl)c1)C(=O)CN(c1cc(C(F)(F)F)ccc1Cl)S(=O)(=O)c1ccccc1. The van der Waals surface area contributed by atoms with Gasteiger partial charge in [-0.25, -0.2) is 8.42 Å². The van der Waals surface area contributed by atoms with E-state index < -0.39 is 51.9 Å². The second kappa shape index (κ2) is 16.4. The van der Waals surface area contributed by atoms with E-state index in [9.17, 15) is 31.2 Å². The van der Waals surface area contributed by atoms with Gasteiger partial charge in [0.15, 0.2) is 0 Å². The van der Waals surface area contributed by atoms with E-state index in [4.69, 9.17) is 23.2 Å². The van der Waals surface area contributed by atoms with Crippen LogP contribution in [0.2, 0.25) is 10.0 Å². The van der Waals surface area contributed by atoms with Crippen LogP contribution in [-0.2, 0) is 38.8 Å². The standard InChI is InChI=1S/C35H34Cl2F3N3O4S/c1-2-3-19-41-34(45)32(21-25-11-6-4-7-12-25)42(23-26-13-10-14-28(36)20-26)33(44)24-43(48(46,47)29-15-8-5-9-16-29)31-22-27(35(38,39)40)17-18-30(31)37/h4-18,20,22,32H,2-3,19,21,23-24H2,1H3,(H,41,45). The summed E-state index contributed by atoms with van der Waals surface area (Å²) in [6.45, 7) is 1.18. The number of carbonyl (C=O) groups is 2. The van der Waals surface area contributed by atoms with Gasteiger partial charge in [-0.15, -0.1) is 0 Å². The number of carbonyl (C=O) groups excluding carboxylic acids is 2. The van der Waals surface area contributed by atoms with Crippen molar-refractivity contribution in [2.75, 3.05) is 17.4 Å². The zero-order chi connectivity index (χ0) is 34.9. The van der Waals surface area contributed by atoms with Crippen LogP contribution in [0.3, 0.4) is 0 Å². The van der Waals surface area contributed by atoms with E-state index in [-0.39, 0.29) is 22.9 Å². The molecule has 13 heteroatoms. The highest BCUT2D eigenvalue weighted by atomic mass is 35.5. The molecule has 0 aliphatic carbocycles. The molecule has 1 unspecified atom stereocenters. The second-order valence-corrected chi connectivity index (χ2v) is 13.7. The molecule has 4 aromatic rings. The predicted octanol–water partition coefficient (Wildman–Crippen LogP) is 7.76. The zero-order valence-electron chi connectivity index (χ0n) is 26.0. The highest BCUT2D eigenvalue weighted by Crippen LogP contribution is 2.37. The first-order valence-corrected chi connectivity index (χ1v) is 17.3. The Balaban J connectivity index is 1.85. The highest BCUT2D eigenvalue weighted by Gasteiger charge is 2.37. The first-order valence-electron chi connectivity index (χ1n) is 15.1. The topological polar surface area (TPSA) is 86.8 Å². The largest absolute Gasteiger partial charge is 0.416 e. The number of benzene rings is 4. The lowest BCUT2D eigenvalue weighted by atomic mass is 10.0. The van der Waals surface area contributed by atoms with Crippen molar-refractivity contribution >= 4 is 50.7 Å². The quantitative estimate of drug-likeness (QED) is 0.135. The number of nitrogens with zero attached hydrogens (tertiary/aromatic N) is 2. The van der Waals surface area contributed by atoms with Gasteiger partial charge >= 0.3 is 6.18 Å². The van der Waals surface area contributed by atoms with Gasteiger partial charge in [-0.2, -0.15) is 13.2 Å². The van der Waals surface area contributed by atoms with E-state index in [1.165, 1.54) is 29.2 Å². The summed E-state index contributed by atoms with van der Waals surface area (Å²) in [5.41, 5.74) is -0.425. The van der Waals surface area contributed by atoms with E-state index in [2.05, 4.69) is 5.32 Å². The van der Waals surface area contributed by atoms with Crippen LogP contribution in [0, 0.1) is 0 Å².